The van der Waals surface area contributed by atoms with E-state index in [0.29, 0.717) is 35.7 Å². The number of unbranched alkanes of at least 4 members (excludes halogenated alkanes) is 1. The average molecular weight is 1060 g/mol. The number of pyridine rings is 1. The largest absolute Gasteiger partial charge is 0.393 e. The van der Waals surface area contributed by atoms with Crippen LogP contribution in [-0.4, -0.2) is 69.1 Å². The summed E-state index contributed by atoms with van der Waals surface area (Å²) >= 11 is 0. The van der Waals surface area contributed by atoms with Crippen molar-refractivity contribution in [2.45, 2.75) is 238 Å². The summed E-state index contributed by atoms with van der Waals surface area (Å²) in [7, 11) is 6.43. The Hall–Kier alpha value is -4.28. The number of likely N-dealkylation sites (N-methyl/N-ethyl adjacent to an activating group) is 1. The lowest BCUT2D eigenvalue weighted by Crippen LogP contribution is -2.44. The highest BCUT2D eigenvalue weighted by Crippen LogP contribution is 2.31. The Labute approximate surface area is 464 Å². The summed E-state index contributed by atoms with van der Waals surface area (Å²) < 4.78 is 27.2. The molecule has 1 aliphatic heterocycles. The normalized spacial score (nSPS) is 14.6. The van der Waals surface area contributed by atoms with Gasteiger partial charge in [0.15, 0.2) is 0 Å². The molecule has 0 radical (unpaired) electrons. The van der Waals surface area contributed by atoms with Crippen LogP contribution in [0.25, 0.3) is 16.6 Å². The third-order valence-corrected chi connectivity index (χ3v) is 14.5. The van der Waals surface area contributed by atoms with Gasteiger partial charge in [-0.2, -0.15) is 0 Å². The lowest BCUT2D eigenvalue weighted by molar-refractivity contribution is -0.884. The first-order valence-corrected chi connectivity index (χ1v) is 30.0. The number of aliphatic hydroxyl groups excluding tert-OH is 1. The van der Waals surface area contributed by atoms with Gasteiger partial charge in [0, 0.05) is 49.2 Å². The zero-order valence-corrected chi connectivity index (χ0v) is 51.8. The summed E-state index contributed by atoms with van der Waals surface area (Å²) in [5.41, 5.74) is 8.77. The number of aromatic nitrogens is 3. The summed E-state index contributed by atoms with van der Waals surface area (Å²) in [6.07, 6.45) is 24.7. The van der Waals surface area contributed by atoms with Gasteiger partial charge in [-0.25, -0.2) is 13.8 Å². The number of nitrogens with zero attached hydrogens (tertiary/aromatic N) is 4. The molecule has 432 valence electrons. The fraction of sp³-hybridized carbons (Fsp3) is 0.667. The van der Waals surface area contributed by atoms with Crippen molar-refractivity contribution < 1.29 is 28.0 Å². The van der Waals surface area contributed by atoms with Gasteiger partial charge in [-0.1, -0.05) is 171 Å². The Bertz CT molecular complexity index is 2160. The number of halogens is 2. The molecule has 1 aliphatic carbocycles. The molecule has 4 aromatic rings. The van der Waals surface area contributed by atoms with Crippen molar-refractivity contribution in [3.8, 4) is 0 Å². The van der Waals surface area contributed by atoms with Crippen molar-refractivity contribution in [2.24, 2.45) is 24.8 Å². The zero-order chi connectivity index (χ0) is 57.8. The van der Waals surface area contributed by atoms with Crippen molar-refractivity contribution in [1.29, 1.82) is 0 Å². The molecule has 1 fully saturated rings. The van der Waals surface area contributed by atoms with Crippen LogP contribution in [0, 0.1) is 50.2 Å². The molecule has 0 saturated heterocycles. The number of rotatable bonds is 19. The predicted molar refractivity (Wildman–Crippen MR) is 324 cm³/mol. The zero-order valence-electron chi connectivity index (χ0n) is 51.8. The van der Waals surface area contributed by atoms with Crippen LogP contribution in [-0.2, 0) is 11.8 Å². The Morgan fingerprint density at radius 3 is 1.82 bits per heavy atom. The number of hydrogen-bond acceptors (Lipinski definition) is 5. The quantitative estimate of drug-likeness (QED) is 0.0912. The molecule has 2 N–H and O–H groups in total. The topological polar surface area (TPSA) is 97.1 Å². The molecule has 2 aromatic heterocycles. The maximum Gasteiger partial charge on any atom is 0.258 e. The van der Waals surface area contributed by atoms with Gasteiger partial charge >= 0.3 is 0 Å². The number of benzene rings is 2. The van der Waals surface area contributed by atoms with Gasteiger partial charge in [0.25, 0.3) is 5.91 Å². The first-order valence-electron chi connectivity index (χ1n) is 30.0. The second kappa shape index (κ2) is 40.9. The first kappa shape index (κ1) is 71.7. The van der Waals surface area contributed by atoms with E-state index < -0.39 is 11.6 Å². The Kier molecular flexibility index (Phi) is 38.6. The molecule has 3 atom stereocenters. The second-order valence-corrected chi connectivity index (χ2v) is 22.1. The fourth-order valence-corrected chi connectivity index (χ4v) is 9.05. The fourth-order valence-electron chi connectivity index (χ4n) is 9.05. The summed E-state index contributed by atoms with van der Waals surface area (Å²) in [4.78, 5) is 33.3. The SMILES string of the molecule is C1CCCC1.CC.CCC(=O)CCCC(C)O.CCC(C)CC.CCC1=C(c2cc(C(=O)Nc3nc4ccc(C)cc4n3C)cc(C)n2)C[N+](C)(C)CC1.CCCCC(CCC)C[C@H](C)CC.Cc1cc(F)cc(F)c1. The van der Waals surface area contributed by atoms with Crippen molar-refractivity contribution in [3.05, 3.63) is 93.8 Å². The lowest BCUT2D eigenvalue weighted by atomic mass is 9.87. The number of hydrogen-bond donors (Lipinski definition) is 2. The number of ketones is 1. The predicted octanol–water partition coefficient (Wildman–Crippen LogP) is 18.7. The minimum atomic E-state index is -0.521. The molecular weight excluding hydrogens is 949 g/mol. The molecule has 6 rings (SSSR count). The van der Waals surface area contributed by atoms with Crippen LogP contribution in [0.1, 0.15) is 244 Å². The van der Waals surface area contributed by atoms with Gasteiger partial charge in [-0.05, 0) is 119 Å². The van der Waals surface area contributed by atoms with E-state index in [1.165, 1.54) is 113 Å². The number of Topliss-reactive ketones (excluding diaryl/α,β-unsaturated/α-hetero) is 1. The smallest absolute Gasteiger partial charge is 0.258 e. The number of quaternary nitrogens is 1. The molecule has 0 bridgehead atoms. The average Bonchev–Trinajstić information content (AvgIpc) is 4.08. The number of carbonyl (C=O) groups is 2. The monoisotopic (exact) mass is 1060 g/mol. The molecule has 10 heteroatoms. The van der Waals surface area contributed by atoms with Crippen molar-refractivity contribution in [3.63, 3.8) is 0 Å². The highest BCUT2D eigenvalue weighted by molar-refractivity contribution is 6.04. The maximum absolute atomic E-state index is 13.2. The molecule has 8 nitrogen and oxygen atoms in total. The van der Waals surface area contributed by atoms with Crippen molar-refractivity contribution in [2.75, 3.05) is 32.5 Å². The van der Waals surface area contributed by atoms with Crippen LogP contribution in [0.2, 0.25) is 0 Å². The van der Waals surface area contributed by atoms with Crippen LogP contribution < -0.4 is 5.32 Å². The van der Waals surface area contributed by atoms with Gasteiger partial charge in [0.2, 0.25) is 5.95 Å². The van der Waals surface area contributed by atoms with Gasteiger partial charge in [-0.3, -0.25) is 19.9 Å². The third kappa shape index (κ3) is 30.6. The van der Waals surface area contributed by atoms with Crippen molar-refractivity contribution >= 4 is 34.2 Å². The lowest BCUT2D eigenvalue weighted by Gasteiger charge is -2.36. The van der Waals surface area contributed by atoms with Gasteiger partial charge in [0.1, 0.15) is 24.0 Å². The van der Waals surface area contributed by atoms with E-state index in [1.54, 1.807) is 13.8 Å². The standard InChI is InChI=1S/C25H31N5O.C13H28.C8H16O2.C7H6F2.C6H14.C5H10.C2H6/c1-7-18-10-11-30(5,6)15-20(18)22-14-19(13-17(3)26-22)24(31)28-25-27-21-9-8-16(2)12-23(21)29(25)4;1-5-8-10-13(9-6-2)11-12(4)7-3;1-3-8(10)6-4-5-7(2)9;1-5-2-6(8)4-7(9)3-5;1-4-6(3)5-2;1-2-4-5-3-1;1-2/h8-9,12-14H,7,10-11,15H2,1-6H3;12-13H,5-11H2,1-4H3;7,9H,3-6H2,1-2H3;2-4H,1H3;6H,4-5H2,1-3H3;1-5H2;1-2H3/p+1/t;12-,13?;;;;;/m.1...../s1. The van der Waals surface area contributed by atoms with E-state index in [4.69, 9.17) is 10.1 Å². The summed E-state index contributed by atoms with van der Waals surface area (Å²) in [6.45, 7) is 33.6. The van der Waals surface area contributed by atoms with E-state index in [-0.39, 0.29) is 12.0 Å². The Balaban J connectivity index is 0.00000103. The number of nitrogens with one attached hydrogen (secondary N) is 1. The van der Waals surface area contributed by atoms with E-state index in [2.05, 4.69) is 92.8 Å². The van der Waals surface area contributed by atoms with E-state index in [9.17, 15) is 18.4 Å². The number of anilines is 1. The number of carbonyl (C=O) groups excluding carboxylic acids is 2. The van der Waals surface area contributed by atoms with Crippen LogP contribution in [0.3, 0.4) is 0 Å². The Morgan fingerprint density at radius 1 is 0.737 bits per heavy atom. The van der Waals surface area contributed by atoms with Crippen LogP contribution in [0.5, 0.6) is 0 Å². The molecular formula is C66H112F2N5O3+. The molecule has 2 unspecified atom stereocenters. The number of aliphatic hydroxyl groups is 1. The van der Waals surface area contributed by atoms with Crippen LogP contribution in [0.4, 0.5) is 14.7 Å². The molecule has 76 heavy (non-hydrogen) atoms. The summed E-state index contributed by atoms with van der Waals surface area (Å²) in [5, 5.41) is 11.8. The minimum absolute atomic E-state index is 0.162. The molecule has 3 heterocycles. The summed E-state index contributed by atoms with van der Waals surface area (Å²) in [6, 6.07) is 13.3. The van der Waals surface area contributed by atoms with Crippen LogP contribution in [0.15, 0.2) is 54.1 Å². The van der Waals surface area contributed by atoms with Gasteiger partial charge in [0.05, 0.1) is 43.5 Å². The third-order valence-electron chi connectivity index (χ3n) is 14.5. The van der Waals surface area contributed by atoms with E-state index >= 15 is 0 Å². The molecule has 2 aromatic carbocycles. The van der Waals surface area contributed by atoms with E-state index in [1.807, 2.05) is 63.6 Å². The van der Waals surface area contributed by atoms with Crippen molar-refractivity contribution in [1.82, 2.24) is 14.5 Å². The van der Waals surface area contributed by atoms with E-state index in [0.717, 1.165) is 95.1 Å². The highest BCUT2D eigenvalue weighted by Gasteiger charge is 2.28. The molecule has 1 saturated carbocycles. The second-order valence-electron chi connectivity index (χ2n) is 22.1. The molecule has 0 spiro atoms. The minimum Gasteiger partial charge on any atom is -0.393 e. The first-order chi connectivity index (χ1) is 36.1. The van der Waals surface area contributed by atoms with Gasteiger partial charge < -0.3 is 14.2 Å². The Morgan fingerprint density at radius 2 is 1.33 bits per heavy atom. The van der Waals surface area contributed by atoms with Gasteiger partial charge in [-0.15, -0.1) is 0 Å². The molecule has 2 aliphatic rings. The number of amides is 1. The highest BCUT2D eigenvalue weighted by atomic mass is 19.1. The number of aryl methyl sites for hydroxylation is 4. The summed E-state index contributed by atoms with van der Waals surface area (Å²) in [5.74, 6) is 2.52. The maximum atomic E-state index is 13.2. The molecule has 1 amide bonds. The number of imidazole rings is 1. The van der Waals surface area contributed by atoms with Crippen LogP contribution >= 0.6 is 0 Å². The number of fused-ring (bicyclic) bond motifs is 1.